The molecule has 5 aliphatic rings. The lowest BCUT2D eigenvalue weighted by Gasteiger charge is -2.57. The Morgan fingerprint density at radius 2 is 1.00 bits per heavy atom. The van der Waals surface area contributed by atoms with Crippen molar-refractivity contribution in [3.8, 4) is 0 Å². The van der Waals surface area contributed by atoms with Gasteiger partial charge in [-0.05, 0) is 65.9 Å². The van der Waals surface area contributed by atoms with Gasteiger partial charge in [0.25, 0.3) is 5.91 Å². The molecule has 0 radical (unpaired) electrons. The summed E-state index contributed by atoms with van der Waals surface area (Å²) in [6, 6.07) is 38.3. The van der Waals surface area contributed by atoms with E-state index in [0.717, 1.165) is 12.8 Å². The molecule has 0 saturated heterocycles. The quantitative estimate of drug-likeness (QED) is 0.257. The molecule has 4 heterocycles. The van der Waals surface area contributed by atoms with Gasteiger partial charge in [0.2, 0.25) is 0 Å². The van der Waals surface area contributed by atoms with Crippen LogP contribution in [-0.4, -0.2) is 5.91 Å². The van der Waals surface area contributed by atoms with E-state index in [9.17, 15) is 0 Å². The average Bonchev–Trinajstić information content (AvgIpc) is 3.43. The Balaban J connectivity index is 1.48. The maximum Gasteiger partial charge on any atom is 0.295 e. The normalized spacial score (nSPS) is 20.8. The Hall–Kier alpha value is -4.70. The summed E-state index contributed by atoms with van der Waals surface area (Å²) in [4.78, 5) is 10.5. The van der Waals surface area contributed by atoms with Crippen molar-refractivity contribution in [2.75, 3.05) is 19.6 Å². The van der Waals surface area contributed by atoms with Crippen molar-refractivity contribution in [1.82, 2.24) is 0 Å². The second-order valence-corrected chi connectivity index (χ2v) is 10.5. The molecule has 0 amide bonds. The maximum absolute atomic E-state index is 2.66. The summed E-state index contributed by atoms with van der Waals surface area (Å²) in [5, 5.41) is 5.31. The number of hydrogen-bond donors (Lipinski definition) is 0. The number of rotatable bonds is 0. The standard InChI is InChI=1S/C33H22N4/c1-2-14-24-23(13-1)34-27-17-5-9-21-10-7-19-29(31(21)27)36-25-15-3-4-16-26(25)37-30-20-8-12-22-11-6-18-28(32(22)30)35(24)33(34,36)37/h1-7,9-19H,8,20H2. The molecular weight excluding hydrogens is 452 g/mol. The molecule has 0 bridgehead atoms. The SMILES string of the molecule is C1=c2cccc3c2=C(CC1)N1c2ccccc2N2c4cccc5cccc(c45)N4c5ccccc5N3C124. The first-order chi connectivity index (χ1) is 18.4. The third-order valence-electron chi connectivity index (χ3n) is 8.89. The van der Waals surface area contributed by atoms with Crippen LogP contribution in [0.25, 0.3) is 22.5 Å². The van der Waals surface area contributed by atoms with Crippen LogP contribution in [0.4, 0.5) is 39.8 Å². The van der Waals surface area contributed by atoms with Gasteiger partial charge in [0.05, 0.1) is 39.8 Å². The van der Waals surface area contributed by atoms with Crippen LogP contribution in [-0.2, 0) is 0 Å². The predicted octanol–water partition coefficient (Wildman–Crippen LogP) is 6.41. The van der Waals surface area contributed by atoms with Crippen molar-refractivity contribution in [3.05, 3.63) is 114 Å². The van der Waals surface area contributed by atoms with Gasteiger partial charge in [0, 0.05) is 16.3 Å². The lowest BCUT2D eigenvalue weighted by Crippen LogP contribution is -2.74. The highest BCUT2D eigenvalue weighted by Gasteiger charge is 2.68. The fourth-order valence-corrected chi connectivity index (χ4v) is 7.75. The molecule has 1 unspecified atom stereocenters. The molecule has 174 valence electrons. The predicted molar refractivity (Wildman–Crippen MR) is 151 cm³/mol. The maximum atomic E-state index is 2.66. The van der Waals surface area contributed by atoms with Gasteiger partial charge in [-0.2, -0.15) is 0 Å². The molecule has 4 heteroatoms. The summed E-state index contributed by atoms with van der Waals surface area (Å²) < 4.78 is 0. The van der Waals surface area contributed by atoms with Gasteiger partial charge >= 0.3 is 0 Å². The highest BCUT2D eigenvalue weighted by Crippen LogP contribution is 2.67. The first kappa shape index (κ1) is 18.6. The molecule has 37 heavy (non-hydrogen) atoms. The number of nitrogens with zero attached hydrogens (tertiary/aromatic N) is 4. The molecule has 1 spiro atoms. The van der Waals surface area contributed by atoms with Gasteiger partial charge in [-0.25, -0.2) is 0 Å². The second kappa shape index (κ2) is 5.98. The Morgan fingerprint density at radius 1 is 0.486 bits per heavy atom. The van der Waals surface area contributed by atoms with Crippen molar-refractivity contribution in [1.29, 1.82) is 0 Å². The molecule has 0 saturated carbocycles. The van der Waals surface area contributed by atoms with E-state index < -0.39 is 5.91 Å². The summed E-state index contributed by atoms with van der Waals surface area (Å²) >= 11 is 0. The van der Waals surface area contributed by atoms with Crippen molar-refractivity contribution in [3.63, 3.8) is 0 Å². The lowest BCUT2D eigenvalue weighted by atomic mass is 9.96. The first-order valence-electron chi connectivity index (χ1n) is 13.1. The summed E-state index contributed by atoms with van der Waals surface area (Å²) in [5.41, 5.74) is 10.2. The van der Waals surface area contributed by atoms with Crippen LogP contribution in [0.1, 0.15) is 12.8 Å². The number of benzene rings is 5. The van der Waals surface area contributed by atoms with Crippen molar-refractivity contribution < 1.29 is 0 Å². The summed E-state index contributed by atoms with van der Waals surface area (Å²) in [7, 11) is 0. The number of para-hydroxylation sites is 4. The molecule has 4 nitrogen and oxygen atoms in total. The summed E-state index contributed by atoms with van der Waals surface area (Å²) in [6.45, 7) is 0. The average molecular weight is 475 g/mol. The fourth-order valence-electron chi connectivity index (χ4n) is 7.75. The van der Waals surface area contributed by atoms with Crippen LogP contribution in [0, 0.1) is 0 Å². The Kier molecular flexibility index (Phi) is 3.00. The van der Waals surface area contributed by atoms with Gasteiger partial charge in [-0.3, -0.25) is 19.6 Å². The molecule has 5 aromatic carbocycles. The monoisotopic (exact) mass is 474 g/mol. The highest BCUT2D eigenvalue weighted by atomic mass is 15.8. The largest absolute Gasteiger partial charge is 0.295 e. The van der Waals surface area contributed by atoms with Gasteiger partial charge in [-0.15, -0.1) is 0 Å². The van der Waals surface area contributed by atoms with E-state index in [1.54, 1.807) is 0 Å². The molecule has 5 aromatic rings. The van der Waals surface area contributed by atoms with Crippen LogP contribution >= 0.6 is 0 Å². The van der Waals surface area contributed by atoms with Gasteiger partial charge in [-0.1, -0.05) is 66.7 Å². The fraction of sp³-hybridized carbons (Fsp3) is 0.0909. The zero-order valence-corrected chi connectivity index (χ0v) is 20.1. The summed E-state index contributed by atoms with van der Waals surface area (Å²) in [5.74, 6) is -0.603. The van der Waals surface area contributed by atoms with E-state index in [1.807, 2.05) is 0 Å². The van der Waals surface area contributed by atoms with E-state index >= 15 is 0 Å². The van der Waals surface area contributed by atoms with Gasteiger partial charge in [0.1, 0.15) is 0 Å². The van der Waals surface area contributed by atoms with Crippen molar-refractivity contribution >= 4 is 62.4 Å². The number of hydrogen-bond acceptors (Lipinski definition) is 4. The smallest absolute Gasteiger partial charge is 0.283 e. The first-order valence-corrected chi connectivity index (χ1v) is 13.1. The third kappa shape index (κ3) is 1.83. The van der Waals surface area contributed by atoms with Gasteiger partial charge < -0.3 is 0 Å². The minimum Gasteiger partial charge on any atom is -0.283 e. The zero-order chi connectivity index (χ0) is 23.9. The molecule has 10 rings (SSSR count). The molecule has 1 atom stereocenters. The number of anilines is 7. The van der Waals surface area contributed by atoms with E-state index in [4.69, 9.17) is 0 Å². The third-order valence-corrected chi connectivity index (χ3v) is 8.89. The molecule has 0 aromatic heterocycles. The van der Waals surface area contributed by atoms with Crippen LogP contribution in [0.3, 0.4) is 0 Å². The van der Waals surface area contributed by atoms with E-state index in [0.29, 0.717) is 0 Å². The number of fused-ring (bicyclic) bond motifs is 10. The van der Waals surface area contributed by atoms with E-state index in [-0.39, 0.29) is 0 Å². The van der Waals surface area contributed by atoms with Crippen molar-refractivity contribution in [2.45, 2.75) is 18.8 Å². The Bertz CT molecular complexity index is 1950. The molecule has 1 aliphatic carbocycles. The zero-order valence-electron chi connectivity index (χ0n) is 20.1. The molecule has 0 fully saturated rings. The minimum absolute atomic E-state index is 0.603. The summed E-state index contributed by atoms with van der Waals surface area (Å²) in [6.07, 6.45) is 4.49. The van der Waals surface area contributed by atoms with Gasteiger partial charge in [0.15, 0.2) is 0 Å². The van der Waals surface area contributed by atoms with Crippen LogP contribution in [0.2, 0.25) is 0 Å². The minimum atomic E-state index is -0.603. The van der Waals surface area contributed by atoms with Crippen molar-refractivity contribution in [2.24, 2.45) is 0 Å². The second-order valence-electron chi connectivity index (χ2n) is 10.5. The molecular formula is C33H22N4. The highest BCUT2D eigenvalue weighted by molar-refractivity contribution is 6.16. The topological polar surface area (TPSA) is 13.0 Å². The molecule has 4 aliphatic heterocycles. The molecule has 0 N–H and O–H groups in total. The van der Waals surface area contributed by atoms with Crippen LogP contribution < -0.4 is 30.0 Å². The Morgan fingerprint density at radius 3 is 1.65 bits per heavy atom. The lowest BCUT2D eigenvalue weighted by molar-refractivity contribution is 0.466. The Labute approximate surface area is 214 Å². The van der Waals surface area contributed by atoms with Crippen LogP contribution in [0.15, 0.2) is 103 Å². The van der Waals surface area contributed by atoms with E-state index in [1.165, 1.54) is 66.7 Å². The van der Waals surface area contributed by atoms with E-state index in [2.05, 4.69) is 129 Å². The van der Waals surface area contributed by atoms with Crippen LogP contribution in [0.5, 0.6) is 0 Å².